The van der Waals surface area contributed by atoms with Crippen molar-refractivity contribution in [2.75, 3.05) is 6.54 Å². The topological polar surface area (TPSA) is 82.4 Å². The van der Waals surface area contributed by atoms with E-state index in [1.54, 1.807) is 18.2 Å². The summed E-state index contributed by atoms with van der Waals surface area (Å²) in [5.41, 5.74) is 0.0394. The number of benzene rings is 2. The lowest BCUT2D eigenvalue weighted by Crippen LogP contribution is -2.23. The fourth-order valence-corrected chi connectivity index (χ4v) is 1.95. The average Bonchev–Trinajstić information content (AvgIpc) is 2.58. The lowest BCUT2D eigenvalue weighted by molar-refractivity contribution is -0.137. The summed E-state index contributed by atoms with van der Waals surface area (Å²) in [5.74, 6) is -1.08. The van der Waals surface area contributed by atoms with E-state index in [1.165, 1.54) is 12.1 Å². The molecule has 0 saturated heterocycles. The molecule has 5 nitrogen and oxygen atoms in total. The predicted molar refractivity (Wildman–Crippen MR) is 81.8 cm³/mol. The van der Waals surface area contributed by atoms with Crippen molar-refractivity contribution in [2.24, 2.45) is 0 Å². The van der Waals surface area contributed by atoms with Crippen molar-refractivity contribution < 1.29 is 27.8 Å². The quantitative estimate of drug-likeness (QED) is 0.811. The van der Waals surface area contributed by atoms with Gasteiger partial charge in [-0.2, -0.15) is 18.4 Å². The molecule has 0 aromatic heterocycles. The van der Waals surface area contributed by atoms with E-state index in [1.807, 2.05) is 0 Å². The third-order valence-corrected chi connectivity index (χ3v) is 3.22. The van der Waals surface area contributed by atoms with Crippen LogP contribution in [-0.4, -0.2) is 17.6 Å². The van der Waals surface area contributed by atoms with Crippen LogP contribution in [0.3, 0.4) is 0 Å². The molecular weight excluding hydrogens is 337 g/mol. The van der Waals surface area contributed by atoms with Gasteiger partial charge in [-0.05, 0) is 35.9 Å². The second-order valence-corrected chi connectivity index (χ2v) is 5.01. The van der Waals surface area contributed by atoms with Crippen LogP contribution in [0.25, 0.3) is 0 Å². The normalized spacial score (nSPS) is 10.8. The smallest absolute Gasteiger partial charge is 0.416 e. The Morgan fingerprint density at radius 2 is 1.88 bits per heavy atom. The van der Waals surface area contributed by atoms with Gasteiger partial charge < -0.3 is 15.2 Å². The van der Waals surface area contributed by atoms with Gasteiger partial charge in [0.1, 0.15) is 13.2 Å². The largest absolute Gasteiger partial charge is 0.504 e. The number of phenolic OH excluding ortho intramolecular Hbond substituents is 1. The number of hydrogen-bond donors (Lipinski definition) is 2. The molecule has 25 heavy (non-hydrogen) atoms. The Hall–Kier alpha value is -3.21. The van der Waals surface area contributed by atoms with Gasteiger partial charge in [-0.15, -0.1) is 0 Å². The minimum absolute atomic E-state index is 0.000973. The number of carbonyl (C=O) groups is 1. The van der Waals surface area contributed by atoms with E-state index in [9.17, 15) is 23.1 Å². The molecule has 0 aliphatic heterocycles. The van der Waals surface area contributed by atoms with Crippen LogP contribution in [0, 0.1) is 11.3 Å². The molecule has 2 aromatic carbocycles. The van der Waals surface area contributed by atoms with E-state index < -0.39 is 23.4 Å². The first-order valence-electron chi connectivity index (χ1n) is 7.08. The maximum atomic E-state index is 12.5. The van der Waals surface area contributed by atoms with Crippen molar-refractivity contribution in [2.45, 2.75) is 12.8 Å². The molecule has 2 N–H and O–H groups in total. The number of nitrogens with one attached hydrogen (secondary N) is 1. The Bertz CT molecular complexity index is 796. The van der Waals surface area contributed by atoms with Crippen molar-refractivity contribution in [3.05, 3.63) is 59.2 Å². The molecule has 130 valence electrons. The molecule has 0 bridgehead atoms. The highest BCUT2D eigenvalue weighted by molar-refractivity contribution is 5.94. The van der Waals surface area contributed by atoms with Gasteiger partial charge in [0.05, 0.1) is 11.6 Å². The van der Waals surface area contributed by atoms with Crippen LogP contribution in [0.5, 0.6) is 11.5 Å². The van der Waals surface area contributed by atoms with E-state index in [0.717, 1.165) is 12.1 Å². The monoisotopic (exact) mass is 350 g/mol. The first kappa shape index (κ1) is 18.1. The summed E-state index contributed by atoms with van der Waals surface area (Å²) in [6, 6.07) is 10.5. The molecular formula is C17H13F3N2O3. The number of aromatic hydroxyl groups is 1. The van der Waals surface area contributed by atoms with E-state index >= 15 is 0 Å². The lowest BCUT2D eigenvalue weighted by Gasteiger charge is -2.11. The van der Waals surface area contributed by atoms with E-state index in [0.29, 0.717) is 17.2 Å². The number of phenols is 1. The summed E-state index contributed by atoms with van der Waals surface area (Å²) in [4.78, 5) is 11.6. The zero-order valence-corrected chi connectivity index (χ0v) is 12.8. The first-order valence-corrected chi connectivity index (χ1v) is 7.08. The Kier molecular flexibility index (Phi) is 5.49. The second kappa shape index (κ2) is 7.57. The molecule has 0 heterocycles. The minimum atomic E-state index is -4.54. The van der Waals surface area contributed by atoms with E-state index in [-0.39, 0.29) is 18.9 Å². The fraction of sp³-hybridized carbons (Fsp3) is 0.176. The van der Waals surface area contributed by atoms with Crippen molar-refractivity contribution in [1.29, 1.82) is 5.26 Å². The Morgan fingerprint density at radius 1 is 1.20 bits per heavy atom. The van der Waals surface area contributed by atoms with Gasteiger partial charge in [0.15, 0.2) is 11.5 Å². The summed E-state index contributed by atoms with van der Waals surface area (Å²) in [6.45, 7) is -0.101. The molecule has 0 radical (unpaired) electrons. The number of hydrogen-bond acceptors (Lipinski definition) is 4. The number of nitriles is 1. The van der Waals surface area contributed by atoms with E-state index in [4.69, 9.17) is 10.00 Å². The number of nitrogens with zero attached hydrogens (tertiary/aromatic N) is 1. The van der Waals surface area contributed by atoms with Gasteiger partial charge in [0.2, 0.25) is 0 Å². The summed E-state index contributed by atoms with van der Waals surface area (Å²) in [6.07, 6.45) is -4.54. The molecule has 0 unspecified atom stereocenters. The van der Waals surface area contributed by atoms with Crippen LogP contribution >= 0.6 is 0 Å². The molecule has 0 saturated carbocycles. The fourth-order valence-electron chi connectivity index (χ4n) is 1.95. The van der Waals surface area contributed by atoms with Gasteiger partial charge in [0.25, 0.3) is 5.91 Å². The van der Waals surface area contributed by atoms with Gasteiger partial charge in [-0.25, -0.2) is 0 Å². The number of amides is 1. The van der Waals surface area contributed by atoms with Crippen molar-refractivity contribution in [3.63, 3.8) is 0 Å². The number of carbonyl (C=O) groups excluding carboxylic acids is 1. The summed E-state index contributed by atoms with van der Waals surface area (Å²) in [5, 5.41) is 20.4. The predicted octanol–water partition coefficient (Wildman–Crippen LogP) is 3.24. The standard InChI is InChI=1S/C17H13F3N2O3/c18-17(19,20)13-5-6-15(14(23)9-13)25-10-11-1-3-12(4-2-11)16(24)22-8-7-21/h1-6,9,23H,8,10H2,(H,22,24). The van der Waals surface area contributed by atoms with Gasteiger partial charge >= 0.3 is 6.18 Å². The molecule has 0 atom stereocenters. The summed E-state index contributed by atoms with van der Waals surface area (Å²) >= 11 is 0. The molecule has 0 aliphatic carbocycles. The van der Waals surface area contributed by atoms with Gasteiger partial charge in [-0.3, -0.25) is 4.79 Å². The Balaban J connectivity index is 2.00. The third kappa shape index (κ3) is 4.88. The van der Waals surface area contributed by atoms with Crippen LogP contribution in [-0.2, 0) is 12.8 Å². The molecule has 2 rings (SSSR count). The number of halogens is 3. The molecule has 0 fully saturated rings. The maximum absolute atomic E-state index is 12.5. The first-order chi connectivity index (χ1) is 11.8. The molecule has 1 amide bonds. The third-order valence-electron chi connectivity index (χ3n) is 3.22. The van der Waals surface area contributed by atoms with Crippen LogP contribution in [0.1, 0.15) is 21.5 Å². The van der Waals surface area contributed by atoms with Crippen molar-refractivity contribution in [3.8, 4) is 17.6 Å². The minimum Gasteiger partial charge on any atom is -0.504 e. The molecule has 2 aromatic rings. The SMILES string of the molecule is N#CCNC(=O)c1ccc(COc2ccc(C(F)(F)F)cc2O)cc1. The van der Waals surface area contributed by atoms with Crippen LogP contribution in [0.15, 0.2) is 42.5 Å². The van der Waals surface area contributed by atoms with Crippen LogP contribution in [0.4, 0.5) is 13.2 Å². The number of ether oxygens (including phenoxy) is 1. The molecule has 0 aliphatic rings. The Morgan fingerprint density at radius 3 is 2.44 bits per heavy atom. The van der Waals surface area contributed by atoms with Crippen molar-refractivity contribution in [1.82, 2.24) is 5.32 Å². The molecule has 0 spiro atoms. The summed E-state index contributed by atoms with van der Waals surface area (Å²) < 4.78 is 42.9. The highest BCUT2D eigenvalue weighted by Gasteiger charge is 2.31. The van der Waals surface area contributed by atoms with Crippen LogP contribution in [0.2, 0.25) is 0 Å². The zero-order valence-electron chi connectivity index (χ0n) is 12.8. The second-order valence-electron chi connectivity index (χ2n) is 5.01. The lowest BCUT2D eigenvalue weighted by atomic mass is 10.1. The number of alkyl halides is 3. The zero-order chi connectivity index (χ0) is 18.4. The maximum Gasteiger partial charge on any atom is 0.416 e. The number of rotatable bonds is 5. The van der Waals surface area contributed by atoms with Gasteiger partial charge in [0, 0.05) is 5.56 Å². The van der Waals surface area contributed by atoms with Crippen molar-refractivity contribution >= 4 is 5.91 Å². The Labute approximate surface area is 141 Å². The van der Waals surface area contributed by atoms with Crippen LogP contribution < -0.4 is 10.1 Å². The summed E-state index contributed by atoms with van der Waals surface area (Å²) in [7, 11) is 0. The average molecular weight is 350 g/mol. The van der Waals surface area contributed by atoms with Gasteiger partial charge in [-0.1, -0.05) is 12.1 Å². The molecule has 8 heteroatoms. The highest BCUT2D eigenvalue weighted by Crippen LogP contribution is 2.35. The highest BCUT2D eigenvalue weighted by atomic mass is 19.4. The van der Waals surface area contributed by atoms with E-state index in [2.05, 4.69) is 5.32 Å².